The minimum atomic E-state index is 0.498. The number of nitrogens with two attached hydrogens (primary N) is 1. The van der Waals surface area contributed by atoms with Gasteiger partial charge in [-0.25, -0.2) is 4.98 Å². The van der Waals surface area contributed by atoms with Crippen LogP contribution in [-0.2, 0) is 6.54 Å². The van der Waals surface area contributed by atoms with Gasteiger partial charge in [0, 0.05) is 24.0 Å². The third kappa shape index (κ3) is 1.92. The zero-order valence-corrected chi connectivity index (χ0v) is 9.04. The number of hydrogen-bond acceptors (Lipinski definition) is 2. The number of nitrogens with one attached hydrogen (secondary N) is 1. The Hall–Kier alpha value is -1.61. The standard InChI is InChI=1S/C12H15N3/c1-8-3-4-11(9(2)5-8)12-14-7-10(6-13)15-12/h3-5,7H,6,13H2,1-2H3,(H,14,15). The monoisotopic (exact) mass is 201 g/mol. The fourth-order valence-electron chi connectivity index (χ4n) is 1.68. The van der Waals surface area contributed by atoms with Gasteiger partial charge in [-0.05, 0) is 19.4 Å². The fraction of sp³-hybridized carbons (Fsp3) is 0.250. The van der Waals surface area contributed by atoms with Crippen LogP contribution in [0.25, 0.3) is 11.4 Å². The van der Waals surface area contributed by atoms with Crippen molar-refractivity contribution in [2.75, 3.05) is 0 Å². The first-order valence-electron chi connectivity index (χ1n) is 5.02. The van der Waals surface area contributed by atoms with Gasteiger partial charge in [0.15, 0.2) is 0 Å². The zero-order valence-electron chi connectivity index (χ0n) is 9.04. The van der Waals surface area contributed by atoms with Crippen molar-refractivity contribution in [1.82, 2.24) is 9.97 Å². The van der Waals surface area contributed by atoms with E-state index in [-0.39, 0.29) is 0 Å². The smallest absolute Gasteiger partial charge is 0.137 e. The molecule has 0 unspecified atom stereocenters. The largest absolute Gasteiger partial charge is 0.341 e. The van der Waals surface area contributed by atoms with E-state index in [9.17, 15) is 0 Å². The lowest BCUT2D eigenvalue weighted by Crippen LogP contribution is -1.95. The lowest BCUT2D eigenvalue weighted by Gasteiger charge is -2.03. The Bertz CT molecular complexity index is 471. The Morgan fingerprint density at radius 3 is 2.73 bits per heavy atom. The summed E-state index contributed by atoms with van der Waals surface area (Å²) in [6.07, 6.45) is 1.79. The molecule has 3 heteroatoms. The summed E-state index contributed by atoms with van der Waals surface area (Å²) in [7, 11) is 0. The van der Waals surface area contributed by atoms with Gasteiger partial charge in [-0.15, -0.1) is 0 Å². The molecular formula is C12H15N3. The molecule has 15 heavy (non-hydrogen) atoms. The summed E-state index contributed by atoms with van der Waals surface area (Å²) in [6.45, 7) is 4.68. The van der Waals surface area contributed by atoms with Crippen LogP contribution in [0.2, 0.25) is 0 Å². The molecule has 0 aliphatic rings. The van der Waals surface area contributed by atoms with E-state index < -0.39 is 0 Å². The minimum absolute atomic E-state index is 0.498. The number of aryl methyl sites for hydroxylation is 2. The number of hydrogen-bond donors (Lipinski definition) is 2. The molecule has 0 aliphatic heterocycles. The van der Waals surface area contributed by atoms with Crippen molar-refractivity contribution in [2.45, 2.75) is 20.4 Å². The summed E-state index contributed by atoms with van der Waals surface area (Å²) < 4.78 is 0. The molecule has 0 radical (unpaired) electrons. The van der Waals surface area contributed by atoms with E-state index in [0.717, 1.165) is 17.1 Å². The minimum Gasteiger partial charge on any atom is -0.341 e. The molecule has 3 N–H and O–H groups in total. The van der Waals surface area contributed by atoms with Crippen LogP contribution in [-0.4, -0.2) is 9.97 Å². The average Bonchev–Trinajstić information content (AvgIpc) is 2.66. The predicted octanol–water partition coefficient (Wildman–Crippen LogP) is 2.15. The van der Waals surface area contributed by atoms with E-state index >= 15 is 0 Å². The second-order valence-corrected chi connectivity index (χ2v) is 3.78. The van der Waals surface area contributed by atoms with E-state index in [1.807, 2.05) is 0 Å². The van der Waals surface area contributed by atoms with E-state index in [1.165, 1.54) is 11.1 Å². The summed E-state index contributed by atoms with van der Waals surface area (Å²) >= 11 is 0. The van der Waals surface area contributed by atoms with Gasteiger partial charge in [0.1, 0.15) is 5.82 Å². The van der Waals surface area contributed by atoms with E-state index in [0.29, 0.717) is 6.54 Å². The number of aromatic nitrogens is 2. The Kier molecular flexibility index (Phi) is 2.56. The number of H-pyrrole nitrogens is 1. The normalized spacial score (nSPS) is 10.6. The Morgan fingerprint density at radius 1 is 1.33 bits per heavy atom. The number of rotatable bonds is 2. The van der Waals surface area contributed by atoms with Crippen LogP contribution >= 0.6 is 0 Å². The fourth-order valence-corrected chi connectivity index (χ4v) is 1.68. The third-order valence-corrected chi connectivity index (χ3v) is 2.49. The quantitative estimate of drug-likeness (QED) is 0.782. The van der Waals surface area contributed by atoms with Gasteiger partial charge >= 0.3 is 0 Å². The summed E-state index contributed by atoms with van der Waals surface area (Å²) in [4.78, 5) is 7.52. The Labute approximate surface area is 89.4 Å². The number of nitrogens with zero attached hydrogens (tertiary/aromatic N) is 1. The first-order chi connectivity index (χ1) is 7.20. The molecule has 0 aliphatic carbocycles. The number of imidazole rings is 1. The zero-order chi connectivity index (χ0) is 10.8. The van der Waals surface area contributed by atoms with Gasteiger partial charge in [0.05, 0.1) is 0 Å². The van der Waals surface area contributed by atoms with Gasteiger partial charge in [-0.2, -0.15) is 0 Å². The molecule has 1 aromatic carbocycles. The van der Waals surface area contributed by atoms with Gasteiger partial charge in [-0.1, -0.05) is 23.8 Å². The SMILES string of the molecule is Cc1ccc(-c2ncc(CN)[nH]2)c(C)c1. The van der Waals surface area contributed by atoms with Gasteiger partial charge in [0.2, 0.25) is 0 Å². The van der Waals surface area contributed by atoms with E-state index in [4.69, 9.17) is 5.73 Å². The number of aromatic amines is 1. The molecule has 2 rings (SSSR count). The predicted molar refractivity (Wildman–Crippen MR) is 61.4 cm³/mol. The van der Waals surface area contributed by atoms with Crippen molar-refractivity contribution in [3.8, 4) is 11.4 Å². The summed E-state index contributed by atoms with van der Waals surface area (Å²) in [5.74, 6) is 0.896. The Morgan fingerprint density at radius 2 is 2.13 bits per heavy atom. The summed E-state index contributed by atoms with van der Waals surface area (Å²) in [6, 6.07) is 6.33. The molecule has 0 atom stereocenters. The molecule has 3 nitrogen and oxygen atoms in total. The maximum atomic E-state index is 5.53. The van der Waals surface area contributed by atoms with Gasteiger partial charge < -0.3 is 10.7 Å². The summed E-state index contributed by atoms with van der Waals surface area (Å²) in [5.41, 5.74) is 10.1. The second-order valence-electron chi connectivity index (χ2n) is 3.78. The maximum Gasteiger partial charge on any atom is 0.137 e. The summed E-state index contributed by atoms with van der Waals surface area (Å²) in [5, 5.41) is 0. The second kappa shape index (κ2) is 3.87. The first-order valence-corrected chi connectivity index (χ1v) is 5.02. The molecular weight excluding hydrogens is 186 g/mol. The molecule has 0 bridgehead atoms. The van der Waals surface area contributed by atoms with Crippen molar-refractivity contribution < 1.29 is 0 Å². The van der Waals surface area contributed by atoms with Crippen molar-refractivity contribution in [3.05, 3.63) is 41.2 Å². The van der Waals surface area contributed by atoms with Crippen LogP contribution in [0.1, 0.15) is 16.8 Å². The third-order valence-electron chi connectivity index (χ3n) is 2.49. The lowest BCUT2D eigenvalue weighted by atomic mass is 10.1. The molecule has 1 heterocycles. The van der Waals surface area contributed by atoms with Crippen molar-refractivity contribution >= 4 is 0 Å². The van der Waals surface area contributed by atoms with Crippen LogP contribution in [0.15, 0.2) is 24.4 Å². The molecule has 0 saturated heterocycles. The highest BCUT2D eigenvalue weighted by Gasteiger charge is 2.05. The van der Waals surface area contributed by atoms with Crippen LogP contribution in [0, 0.1) is 13.8 Å². The number of benzene rings is 1. The lowest BCUT2D eigenvalue weighted by molar-refractivity contribution is 1.01. The molecule has 0 saturated carbocycles. The highest BCUT2D eigenvalue weighted by atomic mass is 14.9. The van der Waals surface area contributed by atoms with Crippen LogP contribution < -0.4 is 5.73 Å². The molecule has 0 fully saturated rings. The van der Waals surface area contributed by atoms with E-state index in [2.05, 4.69) is 42.0 Å². The molecule has 0 spiro atoms. The van der Waals surface area contributed by atoms with Crippen molar-refractivity contribution in [1.29, 1.82) is 0 Å². The van der Waals surface area contributed by atoms with Gasteiger partial charge in [-0.3, -0.25) is 0 Å². The topological polar surface area (TPSA) is 54.7 Å². The maximum absolute atomic E-state index is 5.53. The molecule has 0 amide bonds. The van der Waals surface area contributed by atoms with Gasteiger partial charge in [0.25, 0.3) is 0 Å². The highest BCUT2D eigenvalue weighted by molar-refractivity contribution is 5.60. The average molecular weight is 201 g/mol. The van der Waals surface area contributed by atoms with Crippen LogP contribution in [0.5, 0.6) is 0 Å². The Balaban J connectivity index is 2.44. The van der Waals surface area contributed by atoms with E-state index in [1.54, 1.807) is 6.20 Å². The molecule has 78 valence electrons. The highest BCUT2D eigenvalue weighted by Crippen LogP contribution is 2.21. The first kappa shape index (κ1) is 9.93. The molecule has 1 aromatic heterocycles. The molecule has 2 aromatic rings. The van der Waals surface area contributed by atoms with Crippen molar-refractivity contribution in [2.24, 2.45) is 5.73 Å². The van der Waals surface area contributed by atoms with Crippen LogP contribution in [0.4, 0.5) is 0 Å². The van der Waals surface area contributed by atoms with Crippen LogP contribution in [0.3, 0.4) is 0 Å². The van der Waals surface area contributed by atoms with Crippen molar-refractivity contribution in [3.63, 3.8) is 0 Å².